The molecule has 1 aliphatic heterocycles. The van der Waals surface area contributed by atoms with Crippen LogP contribution in [0.5, 0.6) is 0 Å². The molecule has 1 aromatic heterocycles. The Morgan fingerprint density at radius 3 is 2.90 bits per heavy atom. The van der Waals surface area contributed by atoms with E-state index in [9.17, 15) is 4.79 Å². The maximum absolute atomic E-state index is 11.9. The standard InChI is InChI=1S/C14H17N5O/c20-14(12-5-6-15-8-12)17-7-11-1-3-13(4-2-11)19-10-16-9-18-19/h1-4,9-10,12,15H,5-8H2,(H,17,20). The van der Waals surface area contributed by atoms with E-state index in [1.54, 1.807) is 11.0 Å². The van der Waals surface area contributed by atoms with Gasteiger partial charge in [-0.15, -0.1) is 0 Å². The lowest BCUT2D eigenvalue weighted by molar-refractivity contribution is -0.124. The summed E-state index contributed by atoms with van der Waals surface area (Å²) in [6.45, 7) is 2.29. The molecule has 2 aromatic rings. The minimum Gasteiger partial charge on any atom is -0.352 e. The molecule has 0 saturated carbocycles. The van der Waals surface area contributed by atoms with E-state index in [-0.39, 0.29) is 11.8 Å². The van der Waals surface area contributed by atoms with Gasteiger partial charge in [0.25, 0.3) is 0 Å². The number of carbonyl (C=O) groups is 1. The Morgan fingerprint density at radius 1 is 1.40 bits per heavy atom. The molecule has 1 saturated heterocycles. The monoisotopic (exact) mass is 271 g/mol. The van der Waals surface area contributed by atoms with Crippen molar-refractivity contribution in [2.75, 3.05) is 13.1 Å². The van der Waals surface area contributed by atoms with Gasteiger partial charge in [-0.05, 0) is 30.7 Å². The normalized spacial score (nSPS) is 18.1. The predicted molar refractivity (Wildman–Crippen MR) is 74.2 cm³/mol. The number of rotatable bonds is 4. The Morgan fingerprint density at radius 2 is 2.25 bits per heavy atom. The fraction of sp³-hybridized carbons (Fsp3) is 0.357. The van der Waals surface area contributed by atoms with Gasteiger partial charge in [-0.3, -0.25) is 4.79 Å². The molecule has 0 spiro atoms. The SMILES string of the molecule is O=C(NCc1ccc(-n2cncn2)cc1)C1CCNC1. The van der Waals surface area contributed by atoms with Crippen LogP contribution in [0.15, 0.2) is 36.9 Å². The van der Waals surface area contributed by atoms with Crippen LogP contribution >= 0.6 is 0 Å². The Kier molecular flexibility index (Phi) is 3.73. The van der Waals surface area contributed by atoms with E-state index in [1.165, 1.54) is 6.33 Å². The summed E-state index contributed by atoms with van der Waals surface area (Å²) in [6.07, 6.45) is 4.09. The van der Waals surface area contributed by atoms with Crippen LogP contribution < -0.4 is 10.6 Å². The molecule has 0 bridgehead atoms. The highest BCUT2D eigenvalue weighted by molar-refractivity contribution is 5.79. The van der Waals surface area contributed by atoms with Crippen molar-refractivity contribution >= 4 is 5.91 Å². The van der Waals surface area contributed by atoms with Gasteiger partial charge in [0.05, 0.1) is 11.6 Å². The molecule has 104 valence electrons. The van der Waals surface area contributed by atoms with Gasteiger partial charge in [-0.25, -0.2) is 9.67 Å². The summed E-state index contributed by atoms with van der Waals surface area (Å²) < 4.78 is 1.70. The number of hydrogen-bond acceptors (Lipinski definition) is 4. The van der Waals surface area contributed by atoms with Gasteiger partial charge in [0.2, 0.25) is 5.91 Å². The van der Waals surface area contributed by atoms with E-state index in [2.05, 4.69) is 20.7 Å². The van der Waals surface area contributed by atoms with Crippen LogP contribution in [0.2, 0.25) is 0 Å². The first-order valence-corrected chi connectivity index (χ1v) is 6.75. The quantitative estimate of drug-likeness (QED) is 0.849. The minimum absolute atomic E-state index is 0.115. The molecule has 1 atom stereocenters. The first kappa shape index (κ1) is 12.8. The van der Waals surface area contributed by atoms with Gasteiger partial charge < -0.3 is 10.6 Å². The molecule has 0 radical (unpaired) electrons. The Hall–Kier alpha value is -2.21. The van der Waals surface area contributed by atoms with Crippen molar-refractivity contribution in [3.63, 3.8) is 0 Å². The second-order valence-corrected chi connectivity index (χ2v) is 4.91. The smallest absolute Gasteiger partial charge is 0.224 e. The molecule has 2 N–H and O–H groups in total. The highest BCUT2D eigenvalue weighted by Crippen LogP contribution is 2.10. The summed E-state index contributed by atoms with van der Waals surface area (Å²) in [6, 6.07) is 7.91. The summed E-state index contributed by atoms with van der Waals surface area (Å²) in [4.78, 5) is 15.8. The number of amides is 1. The summed E-state index contributed by atoms with van der Waals surface area (Å²) in [7, 11) is 0. The van der Waals surface area contributed by atoms with Crippen molar-refractivity contribution in [3.05, 3.63) is 42.5 Å². The molecule has 0 aliphatic carbocycles. The molecule has 1 aliphatic rings. The summed E-state index contributed by atoms with van der Waals surface area (Å²) >= 11 is 0. The molecule has 1 amide bonds. The van der Waals surface area contributed by atoms with Gasteiger partial charge >= 0.3 is 0 Å². The minimum atomic E-state index is 0.115. The van der Waals surface area contributed by atoms with Gasteiger partial charge in [0.15, 0.2) is 0 Å². The van der Waals surface area contributed by atoms with E-state index < -0.39 is 0 Å². The van der Waals surface area contributed by atoms with Crippen LogP contribution in [0, 0.1) is 5.92 Å². The predicted octanol–water partition coefficient (Wildman–Crippen LogP) is 0.493. The average Bonchev–Trinajstić information content (AvgIpc) is 3.18. The first-order chi connectivity index (χ1) is 9.83. The van der Waals surface area contributed by atoms with Crippen LogP contribution in [0.25, 0.3) is 5.69 Å². The van der Waals surface area contributed by atoms with Crippen LogP contribution in [0.1, 0.15) is 12.0 Å². The fourth-order valence-corrected chi connectivity index (χ4v) is 2.32. The molecule has 20 heavy (non-hydrogen) atoms. The lowest BCUT2D eigenvalue weighted by Crippen LogP contribution is -2.31. The van der Waals surface area contributed by atoms with E-state index >= 15 is 0 Å². The fourth-order valence-electron chi connectivity index (χ4n) is 2.32. The second-order valence-electron chi connectivity index (χ2n) is 4.91. The number of carbonyl (C=O) groups excluding carboxylic acids is 1. The van der Waals surface area contributed by atoms with Crippen LogP contribution in [-0.2, 0) is 11.3 Å². The molecule has 6 nitrogen and oxygen atoms in total. The van der Waals surface area contributed by atoms with E-state index in [0.29, 0.717) is 6.54 Å². The number of hydrogen-bond donors (Lipinski definition) is 2. The maximum Gasteiger partial charge on any atom is 0.224 e. The Bertz CT molecular complexity index is 558. The van der Waals surface area contributed by atoms with Gasteiger partial charge in [-0.1, -0.05) is 12.1 Å². The topological polar surface area (TPSA) is 71.8 Å². The zero-order valence-corrected chi connectivity index (χ0v) is 11.1. The molecule has 1 aromatic carbocycles. The molecule has 1 fully saturated rings. The average molecular weight is 271 g/mol. The number of benzene rings is 1. The highest BCUT2D eigenvalue weighted by atomic mass is 16.1. The zero-order chi connectivity index (χ0) is 13.8. The van der Waals surface area contributed by atoms with Gasteiger partial charge in [-0.2, -0.15) is 5.10 Å². The van der Waals surface area contributed by atoms with E-state index in [4.69, 9.17) is 0 Å². The maximum atomic E-state index is 11.9. The molecular formula is C14H17N5O. The second kappa shape index (κ2) is 5.83. The number of nitrogens with one attached hydrogen (secondary N) is 2. The van der Waals surface area contributed by atoms with Crippen LogP contribution in [0.4, 0.5) is 0 Å². The summed E-state index contributed by atoms with van der Waals surface area (Å²) in [5.41, 5.74) is 2.03. The summed E-state index contributed by atoms with van der Waals surface area (Å²) in [5, 5.41) is 10.3. The van der Waals surface area contributed by atoms with Crippen molar-refractivity contribution in [2.45, 2.75) is 13.0 Å². The largest absolute Gasteiger partial charge is 0.352 e. The van der Waals surface area contributed by atoms with Crippen molar-refractivity contribution in [1.82, 2.24) is 25.4 Å². The van der Waals surface area contributed by atoms with Gasteiger partial charge in [0, 0.05) is 13.1 Å². The molecule has 2 heterocycles. The van der Waals surface area contributed by atoms with E-state index in [1.807, 2.05) is 24.3 Å². The third-order valence-electron chi connectivity index (χ3n) is 3.52. The van der Waals surface area contributed by atoms with Crippen molar-refractivity contribution in [2.24, 2.45) is 5.92 Å². The Balaban J connectivity index is 1.57. The molecule has 1 unspecified atom stereocenters. The van der Waals surface area contributed by atoms with Gasteiger partial charge in [0.1, 0.15) is 12.7 Å². The lowest BCUT2D eigenvalue weighted by Gasteiger charge is -2.10. The molecule has 3 rings (SSSR count). The van der Waals surface area contributed by atoms with Crippen LogP contribution in [0.3, 0.4) is 0 Å². The molecular weight excluding hydrogens is 254 g/mol. The lowest BCUT2D eigenvalue weighted by atomic mass is 10.1. The highest BCUT2D eigenvalue weighted by Gasteiger charge is 2.21. The van der Waals surface area contributed by atoms with Crippen molar-refractivity contribution < 1.29 is 4.79 Å². The third-order valence-corrected chi connectivity index (χ3v) is 3.52. The van der Waals surface area contributed by atoms with Crippen LogP contribution in [-0.4, -0.2) is 33.8 Å². The Labute approximate surface area is 117 Å². The number of aromatic nitrogens is 3. The third kappa shape index (κ3) is 2.85. The van der Waals surface area contributed by atoms with Crippen molar-refractivity contribution in [1.29, 1.82) is 0 Å². The summed E-state index contributed by atoms with van der Waals surface area (Å²) in [5.74, 6) is 0.250. The van der Waals surface area contributed by atoms with E-state index in [0.717, 1.165) is 30.8 Å². The number of nitrogens with zero attached hydrogens (tertiary/aromatic N) is 3. The molecule has 6 heteroatoms. The van der Waals surface area contributed by atoms with Crippen molar-refractivity contribution in [3.8, 4) is 5.69 Å². The zero-order valence-electron chi connectivity index (χ0n) is 11.1. The first-order valence-electron chi connectivity index (χ1n) is 6.75.